The van der Waals surface area contributed by atoms with Gasteiger partial charge in [-0.25, -0.2) is 4.79 Å². The van der Waals surface area contributed by atoms with Crippen LogP contribution >= 0.6 is 0 Å². The van der Waals surface area contributed by atoms with Crippen LogP contribution in [-0.2, 0) is 4.74 Å². The zero-order chi connectivity index (χ0) is 16.7. The van der Waals surface area contributed by atoms with Crippen molar-refractivity contribution in [1.82, 2.24) is 0 Å². The van der Waals surface area contributed by atoms with Gasteiger partial charge in [-0.15, -0.1) is 0 Å². The Bertz CT molecular complexity index is 646. The Labute approximate surface area is 135 Å². The van der Waals surface area contributed by atoms with E-state index in [0.717, 1.165) is 0 Å². The molecule has 0 aliphatic heterocycles. The second-order valence-corrected chi connectivity index (χ2v) is 4.78. The SMILES string of the molecule is COCCOc1cc(Oc2ccccc2)ccc1N(C)C(N)=O. The van der Waals surface area contributed by atoms with Gasteiger partial charge in [0.2, 0.25) is 0 Å². The number of benzene rings is 2. The molecule has 0 atom stereocenters. The fraction of sp³-hybridized carbons (Fsp3) is 0.235. The molecule has 0 aromatic heterocycles. The van der Waals surface area contributed by atoms with E-state index in [9.17, 15) is 4.79 Å². The Hall–Kier alpha value is -2.73. The molecule has 0 bridgehead atoms. The second kappa shape index (κ2) is 8.05. The van der Waals surface area contributed by atoms with Crippen LogP contribution in [0.15, 0.2) is 48.5 Å². The topological polar surface area (TPSA) is 74.0 Å². The molecule has 2 aromatic carbocycles. The van der Waals surface area contributed by atoms with Crippen molar-refractivity contribution in [3.8, 4) is 17.2 Å². The van der Waals surface area contributed by atoms with Crippen LogP contribution in [0.4, 0.5) is 10.5 Å². The highest BCUT2D eigenvalue weighted by atomic mass is 16.5. The highest BCUT2D eigenvalue weighted by molar-refractivity contribution is 5.91. The first-order chi connectivity index (χ1) is 11.1. The fourth-order valence-electron chi connectivity index (χ4n) is 1.93. The zero-order valence-electron chi connectivity index (χ0n) is 13.2. The maximum Gasteiger partial charge on any atom is 0.319 e. The van der Waals surface area contributed by atoms with Gasteiger partial charge in [-0.3, -0.25) is 4.90 Å². The maximum atomic E-state index is 11.4. The molecule has 6 nitrogen and oxygen atoms in total. The monoisotopic (exact) mass is 316 g/mol. The molecule has 23 heavy (non-hydrogen) atoms. The number of rotatable bonds is 7. The fourth-order valence-corrected chi connectivity index (χ4v) is 1.93. The third-order valence-corrected chi connectivity index (χ3v) is 3.15. The van der Waals surface area contributed by atoms with Gasteiger partial charge >= 0.3 is 6.03 Å². The Kier molecular flexibility index (Phi) is 5.82. The van der Waals surface area contributed by atoms with Crippen molar-refractivity contribution in [3.63, 3.8) is 0 Å². The third-order valence-electron chi connectivity index (χ3n) is 3.15. The second-order valence-electron chi connectivity index (χ2n) is 4.78. The Morgan fingerprint density at radius 1 is 1.09 bits per heavy atom. The van der Waals surface area contributed by atoms with Crippen molar-refractivity contribution in [2.24, 2.45) is 5.73 Å². The van der Waals surface area contributed by atoms with Crippen LogP contribution in [0.25, 0.3) is 0 Å². The van der Waals surface area contributed by atoms with Crippen molar-refractivity contribution in [2.45, 2.75) is 0 Å². The summed E-state index contributed by atoms with van der Waals surface area (Å²) in [4.78, 5) is 12.7. The van der Waals surface area contributed by atoms with Gasteiger partial charge in [0.25, 0.3) is 0 Å². The zero-order valence-corrected chi connectivity index (χ0v) is 13.2. The highest BCUT2D eigenvalue weighted by Crippen LogP contribution is 2.33. The number of nitrogens with zero attached hydrogens (tertiary/aromatic N) is 1. The smallest absolute Gasteiger partial charge is 0.319 e. The molecule has 0 unspecified atom stereocenters. The molecular formula is C17H20N2O4. The number of anilines is 1. The predicted octanol–water partition coefficient (Wildman–Crippen LogP) is 3.02. The van der Waals surface area contributed by atoms with Crippen molar-refractivity contribution in [3.05, 3.63) is 48.5 Å². The van der Waals surface area contributed by atoms with E-state index in [0.29, 0.717) is 36.1 Å². The van der Waals surface area contributed by atoms with Crippen molar-refractivity contribution < 1.29 is 19.0 Å². The summed E-state index contributed by atoms with van der Waals surface area (Å²) < 4.78 is 16.4. The minimum absolute atomic E-state index is 0.352. The molecule has 0 saturated heterocycles. The molecule has 2 N–H and O–H groups in total. The standard InChI is InChI=1S/C17H20N2O4/c1-19(17(18)20)15-9-8-14(12-16(15)22-11-10-21-2)23-13-6-4-3-5-7-13/h3-9,12H,10-11H2,1-2H3,(H2,18,20). The van der Waals surface area contributed by atoms with E-state index in [1.807, 2.05) is 30.3 Å². The number of hydrogen-bond donors (Lipinski definition) is 1. The number of carbonyl (C=O) groups excluding carboxylic acids is 1. The van der Waals surface area contributed by atoms with Gasteiger partial charge in [-0.2, -0.15) is 0 Å². The number of methoxy groups -OCH3 is 1. The number of hydrogen-bond acceptors (Lipinski definition) is 4. The maximum absolute atomic E-state index is 11.4. The van der Waals surface area contributed by atoms with E-state index in [-0.39, 0.29) is 0 Å². The summed E-state index contributed by atoms with van der Waals surface area (Å²) in [6.45, 7) is 0.786. The molecule has 0 aliphatic rings. The largest absolute Gasteiger partial charge is 0.489 e. The molecule has 2 amide bonds. The van der Waals surface area contributed by atoms with Crippen LogP contribution in [0.3, 0.4) is 0 Å². The number of para-hydroxylation sites is 1. The van der Waals surface area contributed by atoms with Gasteiger partial charge in [-0.05, 0) is 24.3 Å². The number of primary amides is 1. The van der Waals surface area contributed by atoms with E-state index in [4.69, 9.17) is 19.9 Å². The summed E-state index contributed by atoms with van der Waals surface area (Å²) in [5.74, 6) is 1.81. The van der Waals surface area contributed by atoms with E-state index in [1.54, 1.807) is 32.4 Å². The summed E-state index contributed by atoms with van der Waals surface area (Å²) in [5.41, 5.74) is 5.89. The first-order valence-electron chi connectivity index (χ1n) is 7.13. The molecule has 0 heterocycles. The molecule has 0 aliphatic carbocycles. The lowest BCUT2D eigenvalue weighted by Gasteiger charge is -2.19. The molecule has 0 fully saturated rings. The minimum Gasteiger partial charge on any atom is -0.489 e. The molecule has 0 spiro atoms. The molecule has 6 heteroatoms. The van der Waals surface area contributed by atoms with Crippen LogP contribution in [0.2, 0.25) is 0 Å². The van der Waals surface area contributed by atoms with Gasteiger partial charge in [0, 0.05) is 20.2 Å². The van der Waals surface area contributed by atoms with Gasteiger partial charge in [0.05, 0.1) is 12.3 Å². The molecule has 122 valence electrons. The Morgan fingerprint density at radius 2 is 1.83 bits per heavy atom. The van der Waals surface area contributed by atoms with Crippen LogP contribution in [0.1, 0.15) is 0 Å². The van der Waals surface area contributed by atoms with Crippen molar-refractivity contribution >= 4 is 11.7 Å². The Balaban J connectivity index is 2.24. The lowest BCUT2D eigenvalue weighted by molar-refractivity contribution is 0.146. The number of nitrogens with two attached hydrogens (primary N) is 1. The van der Waals surface area contributed by atoms with E-state index in [2.05, 4.69) is 0 Å². The van der Waals surface area contributed by atoms with Crippen molar-refractivity contribution in [2.75, 3.05) is 32.3 Å². The summed E-state index contributed by atoms with van der Waals surface area (Å²) in [6, 6.07) is 14.0. The normalized spacial score (nSPS) is 10.2. The number of ether oxygens (including phenoxy) is 3. The Morgan fingerprint density at radius 3 is 2.48 bits per heavy atom. The number of carbonyl (C=O) groups is 1. The van der Waals surface area contributed by atoms with Crippen molar-refractivity contribution in [1.29, 1.82) is 0 Å². The first kappa shape index (κ1) is 16.6. The van der Waals surface area contributed by atoms with Crippen LogP contribution in [0.5, 0.6) is 17.2 Å². The highest BCUT2D eigenvalue weighted by Gasteiger charge is 2.14. The van der Waals surface area contributed by atoms with Gasteiger partial charge < -0.3 is 19.9 Å². The molecule has 2 aromatic rings. The molecule has 0 saturated carbocycles. The quantitative estimate of drug-likeness (QED) is 0.797. The van der Waals surface area contributed by atoms with Gasteiger partial charge in [-0.1, -0.05) is 18.2 Å². The summed E-state index contributed by atoms with van der Waals surface area (Å²) in [5, 5.41) is 0. The lowest BCUT2D eigenvalue weighted by Crippen LogP contribution is -2.32. The van der Waals surface area contributed by atoms with Gasteiger partial charge in [0.1, 0.15) is 23.9 Å². The summed E-state index contributed by atoms with van der Waals surface area (Å²) in [7, 11) is 3.17. The summed E-state index contributed by atoms with van der Waals surface area (Å²) >= 11 is 0. The average Bonchev–Trinajstić information content (AvgIpc) is 2.55. The van der Waals surface area contributed by atoms with Gasteiger partial charge in [0.15, 0.2) is 0 Å². The van der Waals surface area contributed by atoms with Crippen LogP contribution in [-0.4, -0.2) is 33.4 Å². The number of amides is 2. The average molecular weight is 316 g/mol. The summed E-state index contributed by atoms with van der Waals surface area (Å²) in [6.07, 6.45) is 0. The molecule has 2 rings (SSSR count). The number of urea groups is 1. The van der Waals surface area contributed by atoms with E-state index in [1.165, 1.54) is 4.90 Å². The predicted molar refractivity (Wildman–Crippen MR) is 88.3 cm³/mol. The lowest BCUT2D eigenvalue weighted by atomic mass is 10.2. The molecular weight excluding hydrogens is 296 g/mol. The van der Waals surface area contributed by atoms with Crippen LogP contribution < -0.4 is 20.1 Å². The third kappa shape index (κ3) is 4.62. The minimum atomic E-state index is -0.571. The van der Waals surface area contributed by atoms with Crippen LogP contribution in [0, 0.1) is 0 Å². The van der Waals surface area contributed by atoms with E-state index < -0.39 is 6.03 Å². The van der Waals surface area contributed by atoms with E-state index >= 15 is 0 Å². The first-order valence-corrected chi connectivity index (χ1v) is 7.13. The molecule has 0 radical (unpaired) electrons.